The number of nitrogens with two attached hydrogens (primary N) is 1. The van der Waals surface area contributed by atoms with Crippen molar-refractivity contribution >= 4 is 5.82 Å². The molecule has 18 heavy (non-hydrogen) atoms. The van der Waals surface area contributed by atoms with Crippen LogP contribution < -0.4 is 10.5 Å². The molecule has 1 aliphatic rings. The Morgan fingerprint density at radius 2 is 2.11 bits per heavy atom. The molecule has 2 N–H and O–H groups in total. The highest BCUT2D eigenvalue weighted by atomic mass is 16.5. The second-order valence-corrected chi connectivity index (χ2v) is 4.91. The van der Waals surface area contributed by atoms with Crippen LogP contribution in [0.5, 0.6) is 5.88 Å². The van der Waals surface area contributed by atoms with E-state index >= 15 is 0 Å². The fourth-order valence-electron chi connectivity index (χ4n) is 2.26. The van der Waals surface area contributed by atoms with Gasteiger partial charge < -0.3 is 15.4 Å². The van der Waals surface area contributed by atoms with Crippen LogP contribution in [0, 0.1) is 0 Å². The quantitative estimate of drug-likeness (QED) is 0.877. The van der Waals surface area contributed by atoms with Gasteiger partial charge in [0.15, 0.2) is 0 Å². The lowest BCUT2D eigenvalue weighted by atomic mass is 10.1. The van der Waals surface area contributed by atoms with Gasteiger partial charge in [-0.2, -0.15) is 0 Å². The van der Waals surface area contributed by atoms with Gasteiger partial charge in [0.05, 0.1) is 5.56 Å². The van der Waals surface area contributed by atoms with E-state index in [4.69, 9.17) is 10.5 Å². The number of hydrogen-bond donors (Lipinski definition) is 1. The molecule has 0 unspecified atom stereocenters. The molecule has 1 aliphatic heterocycles. The van der Waals surface area contributed by atoms with Crippen LogP contribution in [0.4, 0.5) is 5.82 Å². The van der Waals surface area contributed by atoms with Gasteiger partial charge in [0, 0.05) is 13.1 Å². The summed E-state index contributed by atoms with van der Waals surface area (Å²) in [4.78, 5) is 10.6. The Morgan fingerprint density at radius 3 is 2.78 bits per heavy atom. The van der Waals surface area contributed by atoms with Gasteiger partial charge in [0.2, 0.25) is 5.88 Å². The molecule has 5 nitrogen and oxygen atoms in total. The van der Waals surface area contributed by atoms with Crippen LogP contribution in [0.15, 0.2) is 6.33 Å². The summed E-state index contributed by atoms with van der Waals surface area (Å²) in [6.45, 7) is 4.27. The summed E-state index contributed by atoms with van der Waals surface area (Å²) in [6, 6.07) is 0. The number of hydrogen-bond acceptors (Lipinski definition) is 5. The number of rotatable bonds is 4. The molecule has 0 amide bonds. The van der Waals surface area contributed by atoms with Crippen molar-refractivity contribution in [2.45, 2.75) is 38.7 Å². The van der Waals surface area contributed by atoms with Gasteiger partial charge >= 0.3 is 0 Å². The standard InChI is InChI=1S/C13H22N4O/c1-3-4-11-12(14)15-9-16-13(11)18-10-5-7-17(2)8-6-10/h9-10H,3-8H2,1-2H3,(H2,14,15,16). The fourth-order valence-corrected chi connectivity index (χ4v) is 2.26. The van der Waals surface area contributed by atoms with Crippen molar-refractivity contribution in [2.24, 2.45) is 0 Å². The number of nitrogens with zero attached hydrogens (tertiary/aromatic N) is 3. The molecule has 1 fully saturated rings. The normalized spacial score (nSPS) is 17.9. The predicted molar refractivity (Wildman–Crippen MR) is 71.6 cm³/mol. The molecule has 2 heterocycles. The Bertz CT molecular complexity index is 389. The van der Waals surface area contributed by atoms with Crippen LogP contribution in [0.25, 0.3) is 0 Å². The van der Waals surface area contributed by atoms with Crippen molar-refractivity contribution in [3.05, 3.63) is 11.9 Å². The molecule has 0 bridgehead atoms. The van der Waals surface area contributed by atoms with Crippen molar-refractivity contribution in [3.63, 3.8) is 0 Å². The van der Waals surface area contributed by atoms with E-state index in [1.54, 1.807) is 0 Å². The Hall–Kier alpha value is -1.36. The zero-order valence-corrected chi connectivity index (χ0v) is 11.2. The Labute approximate surface area is 108 Å². The topological polar surface area (TPSA) is 64.3 Å². The molecule has 0 saturated carbocycles. The summed E-state index contributed by atoms with van der Waals surface area (Å²) >= 11 is 0. The summed E-state index contributed by atoms with van der Waals surface area (Å²) in [5.41, 5.74) is 6.85. The lowest BCUT2D eigenvalue weighted by molar-refractivity contribution is 0.109. The van der Waals surface area contributed by atoms with Gasteiger partial charge in [-0.25, -0.2) is 9.97 Å². The fraction of sp³-hybridized carbons (Fsp3) is 0.692. The molecule has 1 aromatic rings. The summed E-state index contributed by atoms with van der Waals surface area (Å²) in [7, 11) is 2.14. The maximum absolute atomic E-state index is 6.01. The molecule has 2 rings (SSSR count). The maximum atomic E-state index is 6.01. The molecule has 0 atom stereocenters. The van der Waals surface area contributed by atoms with E-state index < -0.39 is 0 Å². The minimum absolute atomic E-state index is 0.256. The van der Waals surface area contributed by atoms with Crippen LogP contribution in [0.3, 0.4) is 0 Å². The number of ether oxygens (including phenoxy) is 1. The SMILES string of the molecule is CCCc1c(N)ncnc1OC1CCN(C)CC1. The van der Waals surface area contributed by atoms with E-state index in [1.807, 2.05) is 0 Å². The van der Waals surface area contributed by atoms with E-state index in [2.05, 4.69) is 28.8 Å². The Morgan fingerprint density at radius 1 is 1.39 bits per heavy atom. The Kier molecular flexibility index (Phi) is 4.36. The minimum Gasteiger partial charge on any atom is -0.474 e. The average Bonchev–Trinajstić information content (AvgIpc) is 2.36. The highest BCUT2D eigenvalue weighted by Crippen LogP contribution is 2.24. The summed E-state index contributed by atoms with van der Waals surface area (Å²) < 4.78 is 6.01. The van der Waals surface area contributed by atoms with Crippen molar-refractivity contribution in [1.29, 1.82) is 0 Å². The molecule has 1 saturated heterocycles. The van der Waals surface area contributed by atoms with E-state index in [1.165, 1.54) is 6.33 Å². The van der Waals surface area contributed by atoms with Crippen LogP contribution in [-0.2, 0) is 6.42 Å². The smallest absolute Gasteiger partial charge is 0.222 e. The number of nitrogen functional groups attached to an aromatic ring is 1. The van der Waals surface area contributed by atoms with Gasteiger partial charge in [-0.15, -0.1) is 0 Å². The number of anilines is 1. The highest BCUT2D eigenvalue weighted by molar-refractivity contribution is 5.44. The lowest BCUT2D eigenvalue weighted by Crippen LogP contribution is -2.36. The van der Waals surface area contributed by atoms with Crippen LogP contribution in [-0.4, -0.2) is 41.1 Å². The predicted octanol–water partition coefficient (Wildman–Crippen LogP) is 1.48. The summed E-state index contributed by atoms with van der Waals surface area (Å²) in [5, 5.41) is 0. The van der Waals surface area contributed by atoms with Crippen molar-refractivity contribution in [2.75, 3.05) is 25.9 Å². The molecule has 100 valence electrons. The largest absolute Gasteiger partial charge is 0.474 e. The molecule has 0 aromatic carbocycles. The lowest BCUT2D eigenvalue weighted by Gasteiger charge is -2.29. The third-order valence-corrected chi connectivity index (χ3v) is 3.38. The molecule has 5 heteroatoms. The summed E-state index contributed by atoms with van der Waals surface area (Å²) in [6.07, 6.45) is 5.72. The van der Waals surface area contributed by atoms with Gasteiger partial charge in [0.25, 0.3) is 0 Å². The second kappa shape index (κ2) is 6.00. The van der Waals surface area contributed by atoms with E-state index in [0.29, 0.717) is 11.7 Å². The summed E-state index contributed by atoms with van der Waals surface area (Å²) in [5.74, 6) is 1.23. The number of likely N-dealkylation sites (tertiary alicyclic amines) is 1. The highest BCUT2D eigenvalue weighted by Gasteiger charge is 2.20. The zero-order chi connectivity index (χ0) is 13.0. The van der Waals surface area contributed by atoms with Crippen molar-refractivity contribution in [3.8, 4) is 5.88 Å². The first kappa shape index (κ1) is 13.1. The molecule has 0 radical (unpaired) electrons. The molecule has 0 aliphatic carbocycles. The van der Waals surface area contributed by atoms with Crippen molar-refractivity contribution in [1.82, 2.24) is 14.9 Å². The molecular weight excluding hydrogens is 228 g/mol. The molecule has 0 spiro atoms. The van der Waals surface area contributed by atoms with Crippen LogP contribution in [0.2, 0.25) is 0 Å². The third-order valence-electron chi connectivity index (χ3n) is 3.38. The number of piperidine rings is 1. The van der Waals surface area contributed by atoms with Crippen LogP contribution >= 0.6 is 0 Å². The van der Waals surface area contributed by atoms with Gasteiger partial charge in [0.1, 0.15) is 18.2 Å². The Balaban J connectivity index is 2.06. The van der Waals surface area contributed by atoms with E-state index in [0.717, 1.165) is 44.3 Å². The van der Waals surface area contributed by atoms with E-state index in [-0.39, 0.29) is 6.10 Å². The second-order valence-electron chi connectivity index (χ2n) is 4.91. The molecular formula is C13H22N4O. The van der Waals surface area contributed by atoms with Crippen molar-refractivity contribution < 1.29 is 4.74 Å². The van der Waals surface area contributed by atoms with Gasteiger partial charge in [-0.05, 0) is 26.3 Å². The van der Waals surface area contributed by atoms with E-state index in [9.17, 15) is 0 Å². The first-order valence-electron chi connectivity index (χ1n) is 6.65. The third kappa shape index (κ3) is 3.10. The van der Waals surface area contributed by atoms with Gasteiger partial charge in [-0.3, -0.25) is 0 Å². The number of aromatic nitrogens is 2. The zero-order valence-electron chi connectivity index (χ0n) is 11.2. The minimum atomic E-state index is 0.256. The molecule has 1 aromatic heterocycles. The van der Waals surface area contributed by atoms with Gasteiger partial charge in [-0.1, -0.05) is 13.3 Å². The first-order chi connectivity index (χ1) is 8.70. The maximum Gasteiger partial charge on any atom is 0.222 e. The monoisotopic (exact) mass is 250 g/mol. The average molecular weight is 250 g/mol. The van der Waals surface area contributed by atoms with Crippen LogP contribution in [0.1, 0.15) is 31.7 Å². The first-order valence-corrected chi connectivity index (χ1v) is 6.65.